The number of nitrogens with zero attached hydrogens (tertiary/aromatic N) is 1. The lowest BCUT2D eigenvalue weighted by atomic mass is 9.88. The second-order valence-corrected chi connectivity index (χ2v) is 10.6. The number of benzene rings is 3. The number of halogens is 1. The number of aryl methyl sites for hydroxylation is 1. The van der Waals surface area contributed by atoms with E-state index in [0.29, 0.717) is 5.69 Å². The number of esters is 1. The van der Waals surface area contributed by atoms with Gasteiger partial charge in [-0.3, -0.25) is 9.10 Å². The molecule has 0 radical (unpaired) electrons. The highest BCUT2D eigenvalue weighted by molar-refractivity contribution is 7.92. The van der Waals surface area contributed by atoms with Crippen molar-refractivity contribution in [3.05, 3.63) is 94.5 Å². The van der Waals surface area contributed by atoms with Crippen LogP contribution in [0.3, 0.4) is 0 Å². The topological polar surface area (TPSA) is 92.8 Å². The Bertz CT molecular complexity index is 1340. The minimum Gasteiger partial charge on any atom is -0.452 e. The minimum atomic E-state index is -3.96. The number of rotatable bonds is 7. The van der Waals surface area contributed by atoms with E-state index in [4.69, 9.17) is 16.3 Å². The third kappa shape index (κ3) is 5.49. The first-order valence-corrected chi connectivity index (χ1v) is 13.0. The fraction of sp³-hybridized carbons (Fsp3) is 0.231. The Labute approximate surface area is 209 Å². The zero-order valence-corrected chi connectivity index (χ0v) is 20.7. The van der Waals surface area contributed by atoms with Gasteiger partial charge in [0, 0.05) is 7.05 Å². The molecular weight excluding hydrogens is 488 g/mol. The van der Waals surface area contributed by atoms with Crippen LogP contribution in [0.1, 0.15) is 40.4 Å². The predicted molar refractivity (Wildman–Crippen MR) is 134 cm³/mol. The molecule has 0 unspecified atom stereocenters. The minimum absolute atomic E-state index is 0.0259. The van der Waals surface area contributed by atoms with E-state index in [2.05, 4.69) is 5.32 Å². The fourth-order valence-electron chi connectivity index (χ4n) is 4.10. The highest BCUT2D eigenvalue weighted by atomic mass is 35.5. The first-order valence-electron chi connectivity index (χ1n) is 11.1. The normalized spacial score (nSPS) is 15.1. The zero-order valence-electron chi connectivity index (χ0n) is 19.1. The summed E-state index contributed by atoms with van der Waals surface area (Å²) in [4.78, 5) is 25.1. The van der Waals surface area contributed by atoms with Gasteiger partial charge in [0.2, 0.25) is 0 Å². The quantitative estimate of drug-likeness (QED) is 0.470. The Morgan fingerprint density at radius 2 is 1.77 bits per heavy atom. The smallest absolute Gasteiger partial charge is 0.340 e. The number of ether oxygens (including phenoxy) is 1. The van der Waals surface area contributed by atoms with Crippen molar-refractivity contribution in [1.29, 1.82) is 0 Å². The molecule has 4 rings (SSSR count). The molecule has 7 nitrogen and oxygen atoms in total. The lowest BCUT2D eigenvalue weighted by molar-refractivity contribution is -0.125. The van der Waals surface area contributed by atoms with Gasteiger partial charge in [0.1, 0.15) is 0 Å². The molecule has 0 bridgehead atoms. The number of para-hydroxylation sites is 1. The van der Waals surface area contributed by atoms with Crippen molar-refractivity contribution in [3.8, 4) is 0 Å². The van der Waals surface area contributed by atoms with E-state index in [1.807, 2.05) is 24.3 Å². The van der Waals surface area contributed by atoms with Gasteiger partial charge in [-0.15, -0.1) is 0 Å². The van der Waals surface area contributed by atoms with Crippen LogP contribution in [-0.4, -0.2) is 33.9 Å². The summed E-state index contributed by atoms with van der Waals surface area (Å²) in [6.07, 6.45) is 2.72. The number of carbonyl (C=O) groups is 2. The Hall–Kier alpha value is -3.36. The number of fused-ring (bicyclic) bond motifs is 1. The molecule has 9 heteroatoms. The van der Waals surface area contributed by atoms with Gasteiger partial charge >= 0.3 is 5.97 Å². The molecule has 0 fully saturated rings. The molecule has 1 atom stereocenters. The highest BCUT2D eigenvalue weighted by Crippen LogP contribution is 2.29. The molecule has 182 valence electrons. The number of hydrogen-bond donors (Lipinski definition) is 1. The number of anilines is 1. The standard InChI is InChI=1S/C26H25ClN2O5S/c1-29(19-10-3-2-4-11-19)35(32,33)20-14-15-23(27)22(16-20)26(31)34-17-25(30)28-24-13-7-9-18-8-5-6-12-21(18)24/h2-6,8,10-12,14-16,24H,7,9,13,17H2,1H3,(H,28,30)/t24-/m0/s1. The van der Waals surface area contributed by atoms with Crippen molar-refractivity contribution in [3.63, 3.8) is 0 Å². The molecule has 1 aliphatic carbocycles. The lowest BCUT2D eigenvalue weighted by Gasteiger charge is -2.26. The summed E-state index contributed by atoms with van der Waals surface area (Å²) < 4.78 is 32.4. The molecule has 0 saturated carbocycles. The Morgan fingerprint density at radius 1 is 1.06 bits per heavy atom. The van der Waals surface area contributed by atoms with Crippen LogP contribution in [0.2, 0.25) is 5.02 Å². The van der Waals surface area contributed by atoms with Gasteiger partial charge in [-0.25, -0.2) is 13.2 Å². The van der Waals surface area contributed by atoms with E-state index in [1.54, 1.807) is 30.3 Å². The van der Waals surface area contributed by atoms with Crippen molar-refractivity contribution in [2.24, 2.45) is 0 Å². The average Bonchev–Trinajstić information content (AvgIpc) is 2.87. The maximum absolute atomic E-state index is 13.1. The number of carbonyl (C=O) groups excluding carboxylic acids is 2. The SMILES string of the molecule is CN(c1ccccc1)S(=O)(=O)c1ccc(Cl)c(C(=O)OCC(=O)N[C@H]2CCCc3ccccc32)c1. The van der Waals surface area contributed by atoms with Crippen LogP contribution in [0.4, 0.5) is 5.69 Å². The van der Waals surface area contributed by atoms with Crippen LogP contribution in [0, 0.1) is 0 Å². The van der Waals surface area contributed by atoms with Gasteiger partial charge in [0.15, 0.2) is 6.61 Å². The summed E-state index contributed by atoms with van der Waals surface area (Å²) in [6, 6.07) is 20.2. The monoisotopic (exact) mass is 512 g/mol. The lowest BCUT2D eigenvalue weighted by Crippen LogP contribution is -2.34. The summed E-state index contributed by atoms with van der Waals surface area (Å²) in [5, 5.41) is 2.94. The van der Waals surface area contributed by atoms with E-state index in [0.717, 1.165) is 35.2 Å². The molecule has 0 spiro atoms. The van der Waals surface area contributed by atoms with Crippen LogP contribution >= 0.6 is 11.6 Å². The molecular formula is C26H25ClN2O5S. The van der Waals surface area contributed by atoms with Crippen molar-refractivity contribution in [2.45, 2.75) is 30.2 Å². The summed E-state index contributed by atoms with van der Waals surface area (Å²) in [5.41, 5.74) is 2.60. The first-order chi connectivity index (χ1) is 16.8. The third-order valence-corrected chi connectivity index (χ3v) is 8.09. The maximum Gasteiger partial charge on any atom is 0.340 e. The number of hydrogen-bond acceptors (Lipinski definition) is 5. The summed E-state index contributed by atoms with van der Waals surface area (Å²) in [6.45, 7) is -0.505. The second-order valence-electron chi connectivity index (χ2n) is 8.24. The van der Waals surface area contributed by atoms with E-state index >= 15 is 0 Å². The zero-order chi connectivity index (χ0) is 25.0. The van der Waals surface area contributed by atoms with Crippen LogP contribution in [-0.2, 0) is 26.0 Å². The van der Waals surface area contributed by atoms with Crippen molar-refractivity contribution in [1.82, 2.24) is 5.32 Å². The molecule has 35 heavy (non-hydrogen) atoms. The number of sulfonamides is 1. The molecule has 0 aromatic heterocycles. The predicted octanol–water partition coefficient (Wildman–Crippen LogP) is 4.52. The Kier molecular flexibility index (Phi) is 7.42. The highest BCUT2D eigenvalue weighted by Gasteiger charge is 2.25. The molecule has 1 N–H and O–H groups in total. The second kappa shape index (κ2) is 10.5. The molecule has 1 aliphatic rings. The first kappa shape index (κ1) is 24.8. The van der Waals surface area contributed by atoms with Crippen molar-refractivity contribution in [2.75, 3.05) is 18.0 Å². The van der Waals surface area contributed by atoms with Gasteiger partial charge in [-0.05, 0) is 60.7 Å². The Morgan fingerprint density at radius 3 is 2.54 bits per heavy atom. The van der Waals surface area contributed by atoms with Crippen LogP contribution in [0.15, 0.2) is 77.7 Å². The average molecular weight is 513 g/mol. The van der Waals surface area contributed by atoms with Gasteiger partial charge in [0.25, 0.3) is 15.9 Å². The van der Waals surface area contributed by atoms with Gasteiger partial charge in [-0.1, -0.05) is 54.1 Å². The Balaban J connectivity index is 1.44. The van der Waals surface area contributed by atoms with Gasteiger partial charge < -0.3 is 10.1 Å². The van der Waals surface area contributed by atoms with E-state index in [1.165, 1.54) is 24.7 Å². The molecule has 0 heterocycles. The van der Waals surface area contributed by atoms with Gasteiger partial charge in [0.05, 0.1) is 27.2 Å². The maximum atomic E-state index is 13.1. The van der Waals surface area contributed by atoms with Crippen LogP contribution in [0.25, 0.3) is 0 Å². The molecule has 3 aromatic carbocycles. The molecule has 1 amide bonds. The molecule has 0 aliphatic heterocycles. The van der Waals surface area contributed by atoms with Crippen LogP contribution < -0.4 is 9.62 Å². The van der Waals surface area contributed by atoms with Crippen molar-refractivity contribution >= 4 is 39.2 Å². The third-order valence-electron chi connectivity index (χ3n) is 5.97. The van der Waals surface area contributed by atoms with E-state index in [-0.39, 0.29) is 21.5 Å². The summed E-state index contributed by atoms with van der Waals surface area (Å²) >= 11 is 6.16. The van der Waals surface area contributed by atoms with Crippen molar-refractivity contribution < 1.29 is 22.7 Å². The largest absolute Gasteiger partial charge is 0.452 e. The molecule has 3 aromatic rings. The van der Waals surface area contributed by atoms with E-state index in [9.17, 15) is 18.0 Å². The fourth-order valence-corrected chi connectivity index (χ4v) is 5.52. The summed E-state index contributed by atoms with van der Waals surface area (Å²) in [5.74, 6) is -1.32. The molecule has 0 saturated heterocycles. The van der Waals surface area contributed by atoms with Crippen LogP contribution in [0.5, 0.6) is 0 Å². The van der Waals surface area contributed by atoms with E-state index < -0.39 is 28.5 Å². The number of amides is 1. The number of nitrogens with one attached hydrogen (secondary N) is 1. The van der Waals surface area contributed by atoms with Gasteiger partial charge in [-0.2, -0.15) is 0 Å². The summed E-state index contributed by atoms with van der Waals surface area (Å²) in [7, 11) is -2.53.